The van der Waals surface area contributed by atoms with Crippen LogP contribution in [0.15, 0.2) is 18.2 Å². The molecule has 0 bridgehead atoms. The van der Waals surface area contributed by atoms with Gasteiger partial charge in [0.2, 0.25) is 0 Å². The summed E-state index contributed by atoms with van der Waals surface area (Å²) < 4.78 is 5.26. The molecule has 0 aromatic heterocycles. The second kappa shape index (κ2) is 5.27. The van der Waals surface area contributed by atoms with Gasteiger partial charge in [-0.3, -0.25) is 4.79 Å². The summed E-state index contributed by atoms with van der Waals surface area (Å²) >= 11 is 0. The van der Waals surface area contributed by atoms with Gasteiger partial charge < -0.3 is 9.84 Å². The molecule has 0 spiro atoms. The normalized spacial score (nSPS) is 23.0. The summed E-state index contributed by atoms with van der Waals surface area (Å²) in [6, 6.07) is 4.80. The molecule has 4 heteroatoms. The number of carbonyl (C=O) groups excluding carboxylic acids is 1. The molecule has 0 amide bonds. The molecule has 2 aliphatic rings. The summed E-state index contributed by atoms with van der Waals surface area (Å²) in [5.74, 6) is -0.00434. The minimum atomic E-state index is -0.938. The minimum absolute atomic E-state index is 0.117. The highest BCUT2D eigenvalue weighted by Crippen LogP contribution is 2.44. The van der Waals surface area contributed by atoms with Crippen molar-refractivity contribution in [1.29, 1.82) is 0 Å². The highest BCUT2D eigenvalue weighted by atomic mass is 16.5. The number of fused-ring (bicyclic) bond motifs is 1. The van der Waals surface area contributed by atoms with Gasteiger partial charge in [-0.05, 0) is 42.5 Å². The van der Waals surface area contributed by atoms with Crippen molar-refractivity contribution < 1.29 is 19.4 Å². The third kappa shape index (κ3) is 2.42. The Hall–Kier alpha value is -1.84. The molecule has 1 N–H and O–H groups in total. The molecule has 1 aliphatic heterocycles. The lowest BCUT2D eigenvalue weighted by Crippen LogP contribution is -2.26. The fourth-order valence-electron chi connectivity index (χ4n) is 3.48. The minimum Gasteiger partial charge on any atom is -0.478 e. The van der Waals surface area contributed by atoms with Crippen LogP contribution in [0.5, 0.6) is 5.75 Å². The maximum atomic E-state index is 11.8. The van der Waals surface area contributed by atoms with E-state index in [1.165, 1.54) is 25.3 Å². The van der Waals surface area contributed by atoms with E-state index in [1.807, 2.05) is 0 Å². The zero-order valence-electron chi connectivity index (χ0n) is 11.3. The smallest absolute Gasteiger partial charge is 0.335 e. The number of rotatable bonds is 2. The molecule has 1 aromatic carbocycles. The molecule has 1 saturated carbocycles. The highest BCUT2D eigenvalue weighted by Gasteiger charge is 2.34. The van der Waals surface area contributed by atoms with Crippen LogP contribution in [-0.4, -0.2) is 17.0 Å². The van der Waals surface area contributed by atoms with Gasteiger partial charge in [-0.15, -0.1) is 0 Å². The van der Waals surface area contributed by atoms with E-state index in [2.05, 4.69) is 0 Å². The van der Waals surface area contributed by atoms with Crippen LogP contribution in [0.4, 0.5) is 0 Å². The van der Waals surface area contributed by atoms with Crippen LogP contribution < -0.4 is 4.74 Å². The van der Waals surface area contributed by atoms with E-state index in [0.717, 1.165) is 18.4 Å². The van der Waals surface area contributed by atoms with Crippen molar-refractivity contribution in [3.8, 4) is 5.75 Å². The van der Waals surface area contributed by atoms with Crippen molar-refractivity contribution in [2.45, 2.75) is 44.4 Å². The van der Waals surface area contributed by atoms with Gasteiger partial charge in [0.1, 0.15) is 5.75 Å². The number of aromatic carboxylic acids is 1. The van der Waals surface area contributed by atoms with Crippen molar-refractivity contribution in [1.82, 2.24) is 0 Å². The van der Waals surface area contributed by atoms with E-state index in [4.69, 9.17) is 9.84 Å². The molecular formula is C16H18O4. The van der Waals surface area contributed by atoms with Crippen LogP contribution in [0.2, 0.25) is 0 Å². The van der Waals surface area contributed by atoms with Gasteiger partial charge >= 0.3 is 11.9 Å². The maximum Gasteiger partial charge on any atom is 0.335 e. The first-order valence-corrected chi connectivity index (χ1v) is 7.23. The Kier molecular flexibility index (Phi) is 3.47. The number of esters is 1. The molecule has 1 fully saturated rings. The molecule has 106 valence electrons. The summed E-state index contributed by atoms with van der Waals surface area (Å²) in [6.07, 6.45) is 6.27. The van der Waals surface area contributed by atoms with E-state index in [0.29, 0.717) is 18.1 Å². The van der Waals surface area contributed by atoms with E-state index in [-0.39, 0.29) is 17.5 Å². The lowest BCUT2D eigenvalue weighted by atomic mass is 9.74. The Morgan fingerprint density at radius 2 is 1.95 bits per heavy atom. The molecule has 1 aliphatic carbocycles. The summed E-state index contributed by atoms with van der Waals surface area (Å²) in [4.78, 5) is 22.9. The van der Waals surface area contributed by atoms with E-state index in [9.17, 15) is 9.59 Å². The molecule has 1 unspecified atom stereocenters. The SMILES string of the molecule is O=C1CC(C2CCCCC2)c2cc(C(=O)O)ccc2O1. The summed E-state index contributed by atoms with van der Waals surface area (Å²) in [5.41, 5.74) is 1.17. The van der Waals surface area contributed by atoms with Crippen molar-refractivity contribution in [3.63, 3.8) is 0 Å². The molecule has 1 atom stereocenters. The maximum absolute atomic E-state index is 11.8. The number of carboxylic acids is 1. The zero-order chi connectivity index (χ0) is 14.1. The lowest BCUT2D eigenvalue weighted by Gasteiger charge is -2.33. The number of carboxylic acid groups (broad SMARTS) is 1. The number of ether oxygens (including phenoxy) is 1. The third-order valence-electron chi connectivity index (χ3n) is 4.49. The fraction of sp³-hybridized carbons (Fsp3) is 0.500. The molecule has 20 heavy (non-hydrogen) atoms. The van der Waals surface area contributed by atoms with Gasteiger partial charge in [-0.25, -0.2) is 4.79 Å². The number of hydrogen-bond acceptors (Lipinski definition) is 3. The highest BCUT2D eigenvalue weighted by molar-refractivity contribution is 5.88. The number of hydrogen-bond donors (Lipinski definition) is 1. The molecule has 1 aromatic rings. The monoisotopic (exact) mass is 274 g/mol. The van der Waals surface area contributed by atoms with Crippen molar-refractivity contribution >= 4 is 11.9 Å². The molecule has 4 nitrogen and oxygen atoms in total. The molecule has 3 rings (SSSR count). The average Bonchev–Trinajstić information content (AvgIpc) is 2.46. The first-order chi connectivity index (χ1) is 9.65. The quantitative estimate of drug-likeness (QED) is 0.663. The van der Waals surface area contributed by atoms with Gasteiger partial charge in [0.15, 0.2) is 0 Å². The number of benzene rings is 1. The van der Waals surface area contributed by atoms with Crippen molar-refractivity contribution in [2.75, 3.05) is 0 Å². The van der Waals surface area contributed by atoms with Crippen LogP contribution in [0, 0.1) is 5.92 Å². The van der Waals surface area contributed by atoms with Crippen molar-refractivity contribution in [2.24, 2.45) is 5.92 Å². The Morgan fingerprint density at radius 3 is 2.65 bits per heavy atom. The topological polar surface area (TPSA) is 63.6 Å². The predicted molar refractivity (Wildman–Crippen MR) is 73.0 cm³/mol. The van der Waals surface area contributed by atoms with Crippen LogP contribution in [-0.2, 0) is 4.79 Å². The Balaban J connectivity index is 1.97. The summed E-state index contributed by atoms with van der Waals surface area (Å²) in [7, 11) is 0. The average molecular weight is 274 g/mol. The molecule has 0 saturated heterocycles. The van der Waals surface area contributed by atoms with Crippen LogP contribution in [0.3, 0.4) is 0 Å². The summed E-state index contributed by atoms with van der Waals surface area (Å²) in [6.45, 7) is 0. The number of carbonyl (C=O) groups is 2. The zero-order valence-corrected chi connectivity index (χ0v) is 11.3. The fourth-order valence-corrected chi connectivity index (χ4v) is 3.48. The molecule has 0 radical (unpaired) electrons. The largest absolute Gasteiger partial charge is 0.478 e. The van der Waals surface area contributed by atoms with E-state index >= 15 is 0 Å². The first kappa shape index (κ1) is 13.2. The molecular weight excluding hydrogens is 256 g/mol. The van der Waals surface area contributed by atoms with Crippen LogP contribution in [0.25, 0.3) is 0 Å². The molecule has 1 heterocycles. The van der Waals surface area contributed by atoms with Gasteiger partial charge in [-0.1, -0.05) is 19.3 Å². The third-order valence-corrected chi connectivity index (χ3v) is 4.49. The Morgan fingerprint density at radius 1 is 1.20 bits per heavy atom. The van der Waals surface area contributed by atoms with E-state index in [1.54, 1.807) is 12.1 Å². The van der Waals surface area contributed by atoms with Gasteiger partial charge in [0, 0.05) is 5.92 Å². The Labute approximate surface area is 117 Å². The van der Waals surface area contributed by atoms with E-state index < -0.39 is 5.97 Å². The second-order valence-corrected chi connectivity index (χ2v) is 5.74. The lowest BCUT2D eigenvalue weighted by molar-refractivity contribution is -0.136. The standard InChI is InChI=1S/C16H18O4/c17-15-9-12(10-4-2-1-3-5-10)13-8-11(16(18)19)6-7-14(13)20-15/h6-8,10,12H,1-5,9H2,(H,18,19). The van der Waals surface area contributed by atoms with Gasteiger partial charge in [0.05, 0.1) is 12.0 Å². The van der Waals surface area contributed by atoms with Crippen LogP contribution in [0.1, 0.15) is 60.4 Å². The summed E-state index contributed by atoms with van der Waals surface area (Å²) in [5, 5.41) is 9.13. The second-order valence-electron chi connectivity index (χ2n) is 5.74. The predicted octanol–water partition coefficient (Wildman–Crippen LogP) is 3.36. The van der Waals surface area contributed by atoms with Crippen molar-refractivity contribution in [3.05, 3.63) is 29.3 Å². The van der Waals surface area contributed by atoms with Gasteiger partial charge in [0.25, 0.3) is 0 Å². The van der Waals surface area contributed by atoms with Gasteiger partial charge in [-0.2, -0.15) is 0 Å². The Bertz CT molecular complexity index is 543. The first-order valence-electron chi connectivity index (χ1n) is 7.23. The van der Waals surface area contributed by atoms with Crippen LogP contribution >= 0.6 is 0 Å².